The zero-order valence-corrected chi connectivity index (χ0v) is 20.4. The first-order valence-electron chi connectivity index (χ1n) is 10.2. The molecular formula is C23H24BrN3O4S. The fourth-order valence-corrected chi connectivity index (χ4v) is 5.52. The van der Waals surface area contributed by atoms with Crippen LogP contribution in [0.15, 0.2) is 57.9 Å². The molecule has 0 atom stereocenters. The Morgan fingerprint density at radius 2 is 1.69 bits per heavy atom. The van der Waals surface area contributed by atoms with E-state index < -0.39 is 16.0 Å². The number of sulfonamides is 1. The molecule has 9 heteroatoms. The molecular weight excluding hydrogens is 494 g/mol. The number of rotatable bonds is 4. The average Bonchev–Trinajstić information content (AvgIpc) is 3.13. The van der Waals surface area contributed by atoms with Gasteiger partial charge in [-0.25, -0.2) is 17.9 Å². The lowest BCUT2D eigenvalue weighted by molar-refractivity contribution is 0.0688. The third-order valence-electron chi connectivity index (χ3n) is 5.65. The molecule has 0 amide bonds. The van der Waals surface area contributed by atoms with Crippen molar-refractivity contribution in [1.82, 2.24) is 14.1 Å². The number of carboxylic acid groups (broad SMARTS) is 1. The van der Waals surface area contributed by atoms with Crippen molar-refractivity contribution in [2.24, 2.45) is 0 Å². The minimum Gasteiger partial charge on any atom is -0.476 e. The van der Waals surface area contributed by atoms with Crippen molar-refractivity contribution >= 4 is 31.9 Å². The fourth-order valence-electron chi connectivity index (χ4n) is 3.84. The van der Waals surface area contributed by atoms with Gasteiger partial charge in [0, 0.05) is 29.5 Å². The first kappa shape index (κ1) is 22.7. The number of halogens is 1. The summed E-state index contributed by atoms with van der Waals surface area (Å²) >= 11 is 3.39. The Hall–Kier alpha value is -2.49. The van der Waals surface area contributed by atoms with Gasteiger partial charge in [-0.3, -0.25) is 0 Å². The number of carbonyl (C=O) groups is 1. The molecule has 0 saturated heterocycles. The predicted molar refractivity (Wildman–Crippen MR) is 125 cm³/mol. The molecule has 1 aliphatic rings. The van der Waals surface area contributed by atoms with Gasteiger partial charge in [0.05, 0.1) is 16.3 Å². The lowest BCUT2D eigenvalue weighted by Gasteiger charge is -2.27. The first-order chi connectivity index (χ1) is 15.0. The SMILES string of the molecule is CC(C)(C)c1ccc(S(=O)(=O)N2CCc3c(c(C(=O)O)nn3-c3ccc(Br)cc3)C2)cc1. The number of aromatic carboxylic acids is 1. The number of fused-ring (bicyclic) bond motifs is 1. The van der Waals surface area contributed by atoms with Crippen molar-refractivity contribution in [1.29, 1.82) is 0 Å². The van der Waals surface area contributed by atoms with E-state index in [9.17, 15) is 18.3 Å². The van der Waals surface area contributed by atoms with Crippen LogP contribution >= 0.6 is 15.9 Å². The van der Waals surface area contributed by atoms with Gasteiger partial charge in [-0.1, -0.05) is 48.8 Å². The maximum absolute atomic E-state index is 13.3. The van der Waals surface area contributed by atoms with Gasteiger partial charge in [0.2, 0.25) is 10.0 Å². The minimum absolute atomic E-state index is 0.0309. The molecule has 1 N–H and O–H groups in total. The second kappa shape index (κ2) is 8.13. The molecule has 168 valence electrons. The van der Waals surface area contributed by atoms with Crippen molar-refractivity contribution in [3.63, 3.8) is 0 Å². The molecule has 0 spiro atoms. The highest BCUT2D eigenvalue weighted by Crippen LogP contribution is 2.30. The largest absolute Gasteiger partial charge is 0.476 e. The van der Waals surface area contributed by atoms with E-state index in [2.05, 4.69) is 41.8 Å². The van der Waals surface area contributed by atoms with Crippen molar-refractivity contribution < 1.29 is 18.3 Å². The minimum atomic E-state index is -3.77. The number of hydrogen-bond acceptors (Lipinski definition) is 4. The Bertz CT molecular complexity index is 1270. The summed E-state index contributed by atoms with van der Waals surface area (Å²) in [5.74, 6) is -1.18. The predicted octanol–water partition coefficient (Wildman–Crippen LogP) is 4.38. The first-order valence-corrected chi connectivity index (χ1v) is 12.4. The van der Waals surface area contributed by atoms with Crippen LogP contribution in [0, 0.1) is 0 Å². The summed E-state index contributed by atoms with van der Waals surface area (Å²) < 4.78 is 30.4. The third-order valence-corrected chi connectivity index (χ3v) is 8.04. The van der Waals surface area contributed by atoms with Gasteiger partial charge in [-0.2, -0.15) is 9.40 Å². The van der Waals surface area contributed by atoms with E-state index in [-0.39, 0.29) is 29.1 Å². The molecule has 3 aromatic rings. The lowest BCUT2D eigenvalue weighted by Crippen LogP contribution is -2.36. The number of hydrogen-bond donors (Lipinski definition) is 1. The molecule has 1 aliphatic heterocycles. The zero-order valence-electron chi connectivity index (χ0n) is 18.0. The standard InChI is InChI=1S/C23H24BrN3O4S/c1-23(2,3)15-4-10-18(11-5-15)32(30,31)26-13-12-20-19(14-26)21(22(28)29)25-27(20)17-8-6-16(24)7-9-17/h4-11H,12-14H2,1-3H3,(H,28,29). The molecule has 0 aliphatic carbocycles. The summed E-state index contributed by atoms with van der Waals surface area (Å²) in [5.41, 5.74) is 2.72. The van der Waals surface area contributed by atoms with Crippen molar-refractivity contribution in [3.05, 3.63) is 75.5 Å². The molecule has 4 rings (SSSR count). The Morgan fingerprint density at radius 1 is 1.06 bits per heavy atom. The number of carboxylic acids is 1. The van der Waals surface area contributed by atoms with Crippen LogP contribution in [0.4, 0.5) is 0 Å². The molecule has 0 fully saturated rings. The van der Waals surface area contributed by atoms with E-state index >= 15 is 0 Å². The second-order valence-electron chi connectivity index (χ2n) is 8.83. The van der Waals surface area contributed by atoms with Crippen LogP contribution in [0.1, 0.15) is 48.1 Å². The Labute approximate surface area is 195 Å². The molecule has 2 heterocycles. The second-order valence-corrected chi connectivity index (χ2v) is 11.7. The van der Waals surface area contributed by atoms with Gasteiger partial charge in [0.25, 0.3) is 0 Å². The van der Waals surface area contributed by atoms with Crippen LogP contribution in [0.5, 0.6) is 0 Å². The summed E-state index contributed by atoms with van der Waals surface area (Å²) in [6, 6.07) is 14.3. The van der Waals surface area contributed by atoms with Crippen LogP contribution in [-0.4, -0.2) is 40.1 Å². The van der Waals surface area contributed by atoms with E-state index in [1.54, 1.807) is 16.8 Å². The Kier molecular flexibility index (Phi) is 5.77. The summed E-state index contributed by atoms with van der Waals surface area (Å²) in [4.78, 5) is 12.1. The third kappa shape index (κ3) is 4.12. The highest BCUT2D eigenvalue weighted by molar-refractivity contribution is 9.10. The number of aromatic nitrogens is 2. The Morgan fingerprint density at radius 3 is 2.25 bits per heavy atom. The number of benzene rings is 2. The van der Waals surface area contributed by atoms with Crippen molar-refractivity contribution in [3.8, 4) is 5.69 Å². The van der Waals surface area contributed by atoms with Gasteiger partial charge in [-0.05, 0) is 47.4 Å². The van der Waals surface area contributed by atoms with Crippen LogP contribution in [-0.2, 0) is 28.4 Å². The van der Waals surface area contributed by atoms with Gasteiger partial charge >= 0.3 is 5.97 Å². The topological polar surface area (TPSA) is 92.5 Å². The molecule has 32 heavy (non-hydrogen) atoms. The van der Waals surface area contributed by atoms with E-state index in [0.717, 1.165) is 21.4 Å². The van der Waals surface area contributed by atoms with Gasteiger partial charge in [0.1, 0.15) is 0 Å². The molecule has 1 aromatic heterocycles. The van der Waals surface area contributed by atoms with Crippen LogP contribution in [0.3, 0.4) is 0 Å². The number of nitrogens with zero attached hydrogens (tertiary/aromatic N) is 3. The highest BCUT2D eigenvalue weighted by Gasteiger charge is 2.34. The van der Waals surface area contributed by atoms with E-state index in [1.165, 1.54) is 4.31 Å². The van der Waals surface area contributed by atoms with Gasteiger partial charge in [-0.15, -0.1) is 0 Å². The quantitative estimate of drug-likeness (QED) is 0.554. The maximum atomic E-state index is 13.3. The maximum Gasteiger partial charge on any atom is 0.356 e. The monoisotopic (exact) mass is 517 g/mol. The normalized spacial score (nSPS) is 14.9. The van der Waals surface area contributed by atoms with Gasteiger partial charge < -0.3 is 5.11 Å². The zero-order chi connectivity index (χ0) is 23.3. The lowest BCUT2D eigenvalue weighted by atomic mass is 9.87. The van der Waals surface area contributed by atoms with Crippen LogP contribution in [0.25, 0.3) is 5.69 Å². The smallest absolute Gasteiger partial charge is 0.356 e. The van der Waals surface area contributed by atoms with Crippen molar-refractivity contribution in [2.75, 3.05) is 6.54 Å². The molecule has 0 bridgehead atoms. The molecule has 0 saturated carbocycles. The van der Waals surface area contributed by atoms with E-state index in [1.807, 2.05) is 36.4 Å². The van der Waals surface area contributed by atoms with E-state index in [0.29, 0.717) is 12.0 Å². The average molecular weight is 518 g/mol. The fraction of sp³-hybridized carbons (Fsp3) is 0.304. The molecule has 0 radical (unpaired) electrons. The molecule has 7 nitrogen and oxygen atoms in total. The van der Waals surface area contributed by atoms with Gasteiger partial charge in [0.15, 0.2) is 5.69 Å². The summed E-state index contributed by atoms with van der Waals surface area (Å²) in [6.07, 6.45) is 0.366. The molecule has 2 aromatic carbocycles. The van der Waals surface area contributed by atoms with Crippen LogP contribution < -0.4 is 0 Å². The Balaban J connectivity index is 1.70. The molecule has 0 unspecified atom stereocenters. The highest BCUT2D eigenvalue weighted by atomic mass is 79.9. The summed E-state index contributed by atoms with van der Waals surface area (Å²) in [5, 5.41) is 14.0. The van der Waals surface area contributed by atoms with Crippen LogP contribution in [0.2, 0.25) is 0 Å². The summed E-state index contributed by atoms with van der Waals surface area (Å²) in [6.45, 7) is 6.42. The van der Waals surface area contributed by atoms with E-state index in [4.69, 9.17) is 0 Å². The van der Waals surface area contributed by atoms with Crippen molar-refractivity contribution in [2.45, 2.75) is 44.0 Å². The summed E-state index contributed by atoms with van der Waals surface area (Å²) in [7, 11) is -3.77.